The predicted molar refractivity (Wildman–Crippen MR) is 126 cm³/mol. The average Bonchev–Trinajstić information content (AvgIpc) is 3.55. The van der Waals surface area contributed by atoms with Crippen LogP contribution >= 0.6 is 15.9 Å². The highest BCUT2D eigenvalue weighted by Crippen LogP contribution is 2.46. The number of ether oxygens (including phenoxy) is 1. The molecule has 1 aromatic carbocycles. The van der Waals surface area contributed by atoms with Crippen LogP contribution in [0.4, 0.5) is 17.1 Å². The Labute approximate surface area is 189 Å². The fourth-order valence-corrected chi connectivity index (χ4v) is 4.98. The Morgan fingerprint density at radius 3 is 2.84 bits per heavy atom. The average molecular weight is 484 g/mol. The maximum absolute atomic E-state index is 13.5. The van der Waals surface area contributed by atoms with Crippen molar-refractivity contribution in [1.29, 1.82) is 0 Å². The van der Waals surface area contributed by atoms with Gasteiger partial charge in [-0.05, 0) is 53.7 Å². The number of para-hydroxylation sites is 2. The van der Waals surface area contributed by atoms with Crippen LogP contribution in [0.5, 0.6) is 5.75 Å². The van der Waals surface area contributed by atoms with Gasteiger partial charge in [0.25, 0.3) is 0 Å². The molecule has 7 nitrogen and oxygen atoms in total. The first-order valence-corrected chi connectivity index (χ1v) is 11.5. The number of rotatable bonds is 5. The Balaban J connectivity index is 1.72. The van der Waals surface area contributed by atoms with Gasteiger partial charge in [0.2, 0.25) is 5.91 Å². The summed E-state index contributed by atoms with van der Waals surface area (Å²) in [5.41, 5.74) is 9.60. The number of hydrogen-bond donors (Lipinski definition) is 2. The van der Waals surface area contributed by atoms with Crippen LogP contribution in [0.1, 0.15) is 25.7 Å². The van der Waals surface area contributed by atoms with Gasteiger partial charge in [-0.3, -0.25) is 9.69 Å². The minimum atomic E-state index is 0.0434. The zero-order chi connectivity index (χ0) is 21.5. The topological polar surface area (TPSA) is 87.5 Å². The first-order chi connectivity index (χ1) is 15.1. The number of amides is 1. The Morgan fingerprint density at radius 1 is 1.29 bits per heavy atom. The van der Waals surface area contributed by atoms with Crippen molar-refractivity contribution >= 4 is 49.9 Å². The molecule has 0 radical (unpaired) electrons. The molecule has 5 rings (SSSR count). The molecule has 3 N–H and O–H groups in total. The summed E-state index contributed by atoms with van der Waals surface area (Å²) < 4.78 is 6.51. The van der Waals surface area contributed by atoms with E-state index in [1.807, 2.05) is 36.7 Å². The Hall–Kier alpha value is -2.58. The molecule has 31 heavy (non-hydrogen) atoms. The Bertz CT molecular complexity index is 1130. The highest BCUT2D eigenvalue weighted by atomic mass is 79.9. The van der Waals surface area contributed by atoms with Crippen LogP contribution in [0.2, 0.25) is 0 Å². The quantitative estimate of drug-likeness (QED) is 0.563. The Morgan fingerprint density at radius 2 is 2.10 bits per heavy atom. The number of nitrogens with one attached hydrogen (secondary N) is 1. The normalized spacial score (nSPS) is 18.9. The lowest BCUT2D eigenvalue weighted by Crippen LogP contribution is -2.43. The molecular formula is C23H26BrN5O2. The van der Waals surface area contributed by atoms with Crippen LogP contribution in [-0.2, 0) is 4.79 Å². The second-order valence-electron chi connectivity index (χ2n) is 8.32. The number of fused-ring (bicyclic) bond motifs is 1. The number of carbonyl (C=O) groups excluding carboxylic acids is 1. The molecule has 8 heteroatoms. The summed E-state index contributed by atoms with van der Waals surface area (Å²) in [4.78, 5) is 25.5. The molecule has 1 aliphatic carbocycles. The van der Waals surface area contributed by atoms with E-state index in [4.69, 9.17) is 10.5 Å². The van der Waals surface area contributed by atoms with Crippen LogP contribution in [0, 0.1) is 5.92 Å². The van der Waals surface area contributed by atoms with Crippen LogP contribution in [0.25, 0.3) is 11.0 Å². The van der Waals surface area contributed by atoms with E-state index in [1.54, 1.807) is 12.0 Å². The minimum absolute atomic E-state index is 0.0434. The van der Waals surface area contributed by atoms with Crippen LogP contribution in [-0.4, -0.2) is 42.1 Å². The molecule has 0 bridgehead atoms. The second-order valence-corrected chi connectivity index (χ2v) is 9.17. The zero-order valence-electron chi connectivity index (χ0n) is 17.5. The number of nitrogens with two attached hydrogens (primary N) is 1. The third kappa shape index (κ3) is 3.68. The third-order valence-corrected chi connectivity index (χ3v) is 6.68. The number of aromatic nitrogens is 2. The number of carbonyl (C=O) groups is 1. The summed E-state index contributed by atoms with van der Waals surface area (Å²) in [7, 11) is 1.63. The van der Waals surface area contributed by atoms with Crippen molar-refractivity contribution in [3.63, 3.8) is 0 Å². The number of pyridine rings is 1. The zero-order valence-corrected chi connectivity index (χ0v) is 19.1. The van der Waals surface area contributed by atoms with E-state index in [-0.39, 0.29) is 17.9 Å². The molecule has 0 unspecified atom stereocenters. The molecule has 1 saturated carbocycles. The van der Waals surface area contributed by atoms with Gasteiger partial charge < -0.3 is 20.4 Å². The molecule has 2 aliphatic rings. The van der Waals surface area contributed by atoms with Gasteiger partial charge in [0.1, 0.15) is 11.4 Å². The fourth-order valence-electron chi connectivity index (χ4n) is 4.43. The van der Waals surface area contributed by atoms with Crippen molar-refractivity contribution in [1.82, 2.24) is 9.97 Å². The minimum Gasteiger partial charge on any atom is -0.495 e. The van der Waals surface area contributed by atoms with Crippen molar-refractivity contribution in [2.24, 2.45) is 11.7 Å². The van der Waals surface area contributed by atoms with E-state index in [0.29, 0.717) is 5.75 Å². The van der Waals surface area contributed by atoms with E-state index in [0.717, 1.165) is 71.3 Å². The van der Waals surface area contributed by atoms with E-state index < -0.39 is 0 Å². The summed E-state index contributed by atoms with van der Waals surface area (Å²) in [6.45, 7) is 1.69. The number of benzene rings is 1. The number of anilines is 3. The molecule has 1 aliphatic heterocycles. The Kier molecular flexibility index (Phi) is 5.35. The van der Waals surface area contributed by atoms with Gasteiger partial charge in [-0.15, -0.1) is 0 Å². The third-order valence-electron chi connectivity index (χ3n) is 6.10. The molecule has 3 aromatic rings. The highest BCUT2D eigenvalue weighted by Gasteiger charge is 2.37. The first kappa shape index (κ1) is 20.3. The van der Waals surface area contributed by atoms with Crippen molar-refractivity contribution in [2.45, 2.75) is 31.7 Å². The summed E-state index contributed by atoms with van der Waals surface area (Å²) >= 11 is 3.72. The summed E-state index contributed by atoms with van der Waals surface area (Å²) in [6.07, 6.45) is 7.59. The first-order valence-electron chi connectivity index (χ1n) is 10.7. The van der Waals surface area contributed by atoms with Crippen LogP contribution in [0.3, 0.4) is 0 Å². The monoisotopic (exact) mass is 483 g/mol. The lowest BCUT2D eigenvalue weighted by Gasteiger charge is -2.34. The van der Waals surface area contributed by atoms with Gasteiger partial charge in [0, 0.05) is 37.4 Å². The van der Waals surface area contributed by atoms with E-state index in [9.17, 15) is 4.79 Å². The highest BCUT2D eigenvalue weighted by molar-refractivity contribution is 9.10. The van der Waals surface area contributed by atoms with Crippen molar-refractivity contribution in [3.05, 3.63) is 41.1 Å². The lowest BCUT2D eigenvalue weighted by molar-refractivity contribution is -0.119. The summed E-state index contributed by atoms with van der Waals surface area (Å²) in [6, 6.07) is 7.79. The van der Waals surface area contributed by atoms with Crippen molar-refractivity contribution < 1.29 is 9.53 Å². The van der Waals surface area contributed by atoms with E-state index in [1.165, 1.54) is 0 Å². The van der Waals surface area contributed by atoms with Gasteiger partial charge in [0.15, 0.2) is 0 Å². The second kappa shape index (κ2) is 8.16. The number of methoxy groups -OCH3 is 1. The predicted octanol–water partition coefficient (Wildman–Crippen LogP) is 4.34. The molecule has 3 heterocycles. The summed E-state index contributed by atoms with van der Waals surface area (Å²) in [5.74, 6) is 0.795. The van der Waals surface area contributed by atoms with E-state index >= 15 is 0 Å². The van der Waals surface area contributed by atoms with Gasteiger partial charge in [-0.25, -0.2) is 4.98 Å². The van der Waals surface area contributed by atoms with Gasteiger partial charge in [-0.1, -0.05) is 12.1 Å². The summed E-state index contributed by atoms with van der Waals surface area (Å²) in [5, 5.41) is 0.920. The largest absolute Gasteiger partial charge is 0.495 e. The van der Waals surface area contributed by atoms with Crippen LogP contribution in [0.15, 0.2) is 41.1 Å². The number of halogens is 1. The maximum Gasteiger partial charge on any atom is 0.234 e. The molecule has 1 atom stereocenters. The molecule has 162 valence electrons. The molecule has 1 saturated heterocycles. The molecule has 2 aromatic heterocycles. The number of nitrogens with zero attached hydrogens (tertiary/aromatic N) is 3. The molecule has 0 spiro atoms. The number of hydrogen-bond acceptors (Lipinski definition) is 5. The number of aromatic amines is 1. The molecule has 1 amide bonds. The van der Waals surface area contributed by atoms with Crippen molar-refractivity contribution in [2.75, 3.05) is 30.0 Å². The van der Waals surface area contributed by atoms with Crippen LogP contribution < -0.4 is 20.3 Å². The SMILES string of the molecule is COc1ccccc1N(C(=O)C1CC1)c1c[nH]c2ncc(Br)c(N3CCC[C@@H](N)C3)c12. The number of H-pyrrole nitrogens is 1. The molecular weight excluding hydrogens is 458 g/mol. The fraction of sp³-hybridized carbons (Fsp3) is 0.391. The van der Waals surface area contributed by atoms with E-state index in [2.05, 4.69) is 30.8 Å². The van der Waals surface area contributed by atoms with Gasteiger partial charge in [0.05, 0.1) is 34.0 Å². The molecule has 2 fully saturated rings. The number of piperidine rings is 1. The standard InChI is InChI=1S/C23H26BrN5O2/c1-31-19-7-3-2-6-17(19)29(23(30)14-8-9-14)18-12-27-22-20(18)21(16(24)11-26-22)28-10-4-5-15(25)13-28/h2-3,6-7,11-12,14-15H,4-5,8-10,13,25H2,1H3,(H,26,27)/t15-/m1/s1. The van der Waals surface area contributed by atoms with Gasteiger partial charge in [-0.2, -0.15) is 0 Å². The van der Waals surface area contributed by atoms with Crippen molar-refractivity contribution in [3.8, 4) is 5.75 Å². The lowest BCUT2D eigenvalue weighted by atomic mass is 10.0. The smallest absolute Gasteiger partial charge is 0.234 e. The van der Waals surface area contributed by atoms with Gasteiger partial charge >= 0.3 is 0 Å². The maximum atomic E-state index is 13.5.